The van der Waals surface area contributed by atoms with E-state index in [1.807, 2.05) is 25.1 Å². The Morgan fingerprint density at radius 3 is 2.67 bits per heavy atom. The minimum atomic E-state index is -0.401. The van der Waals surface area contributed by atoms with Crippen LogP contribution in [0.3, 0.4) is 0 Å². The molecule has 24 heavy (non-hydrogen) atoms. The fraction of sp³-hybridized carbons (Fsp3) is 0.111. The summed E-state index contributed by atoms with van der Waals surface area (Å²) in [7, 11) is 0. The zero-order valence-electron chi connectivity index (χ0n) is 12.8. The molecule has 0 aliphatic carbocycles. The molecule has 0 saturated heterocycles. The first-order valence-corrected chi connectivity index (χ1v) is 8.60. The van der Waals surface area contributed by atoms with Gasteiger partial charge >= 0.3 is 5.63 Å². The molecule has 0 bridgehead atoms. The smallest absolute Gasteiger partial charge is 0.336 e. The van der Waals surface area contributed by atoms with Crippen LogP contribution in [-0.4, -0.2) is 11.7 Å². The number of halogens is 1. The summed E-state index contributed by atoms with van der Waals surface area (Å²) in [6.45, 7) is 1.85. The lowest BCUT2D eigenvalue weighted by Crippen LogP contribution is -2.14. The number of carbonyl (C=O) groups excluding carboxylic acids is 1. The van der Waals surface area contributed by atoms with Gasteiger partial charge in [-0.15, -0.1) is 11.8 Å². The first-order chi connectivity index (χ1) is 11.5. The average Bonchev–Trinajstić information content (AvgIpc) is 2.54. The minimum Gasteiger partial charge on any atom is -0.423 e. The topological polar surface area (TPSA) is 59.3 Å². The molecule has 1 heterocycles. The van der Waals surface area contributed by atoms with E-state index in [0.29, 0.717) is 16.3 Å². The van der Waals surface area contributed by atoms with Crippen molar-refractivity contribution < 1.29 is 9.21 Å². The van der Waals surface area contributed by atoms with Crippen molar-refractivity contribution >= 4 is 45.9 Å². The molecule has 4 nitrogen and oxygen atoms in total. The van der Waals surface area contributed by atoms with E-state index in [1.54, 1.807) is 24.3 Å². The Kier molecular flexibility index (Phi) is 4.92. The van der Waals surface area contributed by atoms with E-state index in [9.17, 15) is 9.59 Å². The molecular formula is C18H14ClNO3S. The molecule has 0 aliphatic rings. The van der Waals surface area contributed by atoms with Gasteiger partial charge in [-0.3, -0.25) is 4.79 Å². The van der Waals surface area contributed by atoms with Gasteiger partial charge < -0.3 is 9.73 Å². The highest BCUT2D eigenvalue weighted by Crippen LogP contribution is 2.22. The van der Waals surface area contributed by atoms with Gasteiger partial charge in [0, 0.05) is 33.1 Å². The van der Waals surface area contributed by atoms with E-state index >= 15 is 0 Å². The lowest BCUT2D eigenvalue weighted by atomic mass is 10.1. The summed E-state index contributed by atoms with van der Waals surface area (Å²) in [6, 6.07) is 14.0. The number of fused-ring (bicyclic) bond motifs is 1. The summed E-state index contributed by atoms with van der Waals surface area (Å²) < 4.78 is 5.18. The maximum atomic E-state index is 12.1. The Labute approximate surface area is 147 Å². The van der Waals surface area contributed by atoms with Crippen molar-refractivity contribution in [1.29, 1.82) is 0 Å². The number of hydrogen-bond donors (Lipinski definition) is 1. The number of thioether (sulfide) groups is 1. The van der Waals surface area contributed by atoms with Crippen molar-refractivity contribution in [3.05, 3.63) is 69.5 Å². The van der Waals surface area contributed by atoms with Gasteiger partial charge in [0.25, 0.3) is 0 Å². The molecule has 1 aromatic heterocycles. The Morgan fingerprint density at radius 2 is 1.92 bits per heavy atom. The number of hydrogen-bond acceptors (Lipinski definition) is 4. The molecule has 0 radical (unpaired) electrons. The van der Waals surface area contributed by atoms with Crippen LogP contribution in [0.2, 0.25) is 5.02 Å². The maximum absolute atomic E-state index is 12.1. The predicted molar refractivity (Wildman–Crippen MR) is 98.0 cm³/mol. The number of carbonyl (C=O) groups is 1. The number of rotatable bonds is 4. The molecule has 0 unspecified atom stereocenters. The minimum absolute atomic E-state index is 0.135. The quantitative estimate of drug-likeness (QED) is 0.551. The van der Waals surface area contributed by atoms with Crippen LogP contribution in [0.4, 0.5) is 5.69 Å². The monoisotopic (exact) mass is 359 g/mol. The highest BCUT2D eigenvalue weighted by Gasteiger charge is 2.07. The summed E-state index contributed by atoms with van der Waals surface area (Å²) >= 11 is 7.25. The van der Waals surface area contributed by atoms with Crippen LogP contribution in [0.1, 0.15) is 5.56 Å². The van der Waals surface area contributed by atoms with Crippen LogP contribution in [-0.2, 0) is 4.79 Å². The molecule has 0 aliphatic heterocycles. The van der Waals surface area contributed by atoms with Gasteiger partial charge in [-0.05, 0) is 48.9 Å². The summed E-state index contributed by atoms with van der Waals surface area (Å²) in [5, 5.41) is 4.32. The van der Waals surface area contributed by atoms with Gasteiger partial charge in [-0.2, -0.15) is 0 Å². The highest BCUT2D eigenvalue weighted by molar-refractivity contribution is 8.00. The van der Waals surface area contributed by atoms with Crippen LogP contribution in [0.25, 0.3) is 11.0 Å². The summed E-state index contributed by atoms with van der Waals surface area (Å²) in [4.78, 5) is 24.5. The maximum Gasteiger partial charge on any atom is 0.336 e. The molecule has 0 saturated carbocycles. The molecule has 6 heteroatoms. The average molecular weight is 360 g/mol. The molecule has 1 amide bonds. The lowest BCUT2D eigenvalue weighted by Gasteiger charge is -2.07. The van der Waals surface area contributed by atoms with Crippen molar-refractivity contribution in [3.63, 3.8) is 0 Å². The molecule has 3 rings (SSSR count). The molecule has 122 valence electrons. The Morgan fingerprint density at radius 1 is 1.17 bits per heavy atom. The Balaban J connectivity index is 1.69. The number of anilines is 1. The lowest BCUT2D eigenvalue weighted by molar-refractivity contribution is -0.113. The van der Waals surface area contributed by atoms with Crippen LogP contribution >= 0.6 is 23.4 Å². The zero-order valence-corrected chi connectivity index (χ0v) is 14.4. The third-order valence-electron chi connectivity index (χ3n) is 3.42. The second kappa shape index (κ2) is 7.11. The number of nitrogens with one attached hydrogen (secondary N) is 1. The Hall–Kier alpha value is -2.24. The van der Waals surface area contributed by atoms with Crippen LogP contribution < -0.4 is 10.9 Å². The number of benzene rings is 2. The molecular weight excluding hydrogens is 346 g/mol. The van der Waals surface area contributed by atoms with Gasteiger partial charge in [0.05, 0.1) is 5.75 Å². The third-order valence-corrected chi connectivity index (χ3v) is 4.68. The molecule has 0 atom stereocenters. The second-order valence-corrected chi connectivity index (χ2v) is 6.74. The van der Waals surface area contributed by atoms with Gasteiger partial charge in [-0.1, -0.05) is 11.6 Å². The first kappa shape index (κ1) is 16.6. The van der Waals surface area contributed by atoms with Crippen molar-refractivity contribution in [3.8, 4) is 0 Å². The predicted octanol–water partition coefficient (Wildman–Crippen LogP) is 4.49. The molecule has 1 N–H and O–H groups in total. The van der Waals surface area contributed by atoms with Gasteiger partial charge in [0.1, 0.15) is 5.58 Å². The number of amides is 1. The summed E-state index contributed by atoms with van der Waals surface area (Å²) in [5.74, 6) is 0.140. The zero-order chi connectivity index (χ0) is 17.1. The van der Waals surface area contributed by atoms with Gasteiger partial charge in [-0.25, -0.2) is 4.79 Å². The first-order valence-electron chi connectivity index (χ1n) is 7.24. The van der Waals surface area contributed by atoms with Gasteiger partial charge in [0.2, 0.25) is 5.91 Å². The standard InChI is InChI=1S/C18H14ClNO3S/c1-11-8-18(22)23-16-9-13(4-7-15(11)16)20-17(21)10-24-14-5-2-12(19)3-6-14/h2-9H,10H2,1H3,(H,20,21). The summed E-state index contributed by atoms with van der Waals surface area (Å²) in [6.07, 6.45) is 0. The molecule has 0 spiro atoms. The fourth-order valence-corrected chi connectivity index (χ4v) is 3.10. The third kappa shape index (κ3) is 3.99. The van der Waals surface area contributed by atoms with Crippen LogP contribution in [0, 0.1) is 6.92 Å². The fourth-order valence-electron chi connectivity index (χ4n) is 2.28. The van der Waals surface area contributed by atoms with Crippen molar-refractivity contribution in [1.82, 2.24) is 0 Å². The SMILES string of the molecule is Cc1cc(=O)oc2cc(NC(=O)CSc3ccc(Cl)cc3)ccc12. The van der Waals surface area contributed by atoms with E-state index in [1.165, 1.54) is 17.8 Å². The van der Waals surface area contributed by atoms with Gasteiger partial charge in [0.15, 0.2) is 0 Å². The van der Waals surface area contributed by atoms with Crippen LogP contribution in [0.5, 0.6) is 0 Å². The number of aryl methyl sites for hydroxylation is 1. The molecule has 2 aromatic carbocycles. The van der Waals surface area contributed by atoms with E-state index in [2.05, 4.69) is 5.32 Å². The Bertz CT molecular complexity index is 951. The van der Waals surface area contributed by atoms with E-state index < -0.39 is 5.63 Å². The normalized spacial score (nSPS) is 10.8. The van der Waals surface area contributed by atoms with E-state index in [4.69, 9.17) is 16.0 Å². The van der Waals surface area contributed by atoms with Crippen molar-refractivity contribution in [2.45, 2.75) is 11.8 Å². The van der Waals surface area contributed by atoms with E-state index in [-0.39, 0.29) is 11.7 Å². The van der Waals surface area contributed by atoms with Crippen molar-refractivity contribution in [2.24, 2.45) is 0 Å². The highest BCUT2D eigenvalue weighted by atomic mass is 35.5. The van der Waals surface area contributed by atoms with E-state index in [0.717, 1.165) is 15.8 Å². The molecule has 3 aromatic rings. The second-order valence-electron chi connectivity index (χ2n) is 5.25. The van der Waals surface area contributed by atoms with Crippen molar-refractivity contribution in [2.75, 3.05) is 11.1 Å². The molecule has 0 fully saturated rings. The largest absolute Gasteiger partial charge is 0.423 e. The summed E-state index contributed by atoms with van der Waals surface area (Å²) in [5.41, 5.74) is 1.50. The van der Waals surface area contributed by atoms with Crippen LogP contribution in [0.15, 0.2) is 62.6 Å².